The molecule has 5 nitrogen and oxygen atoms in total. The maximum Gasteiger partial charge on any atom is 0.152 e. The van der Waals surface area contributed by atoms with Crippen LogP contribution in [0.25, 0.3) is 0 Å². The summed E-state index contributed by atoms with van der Waals surface area (Å²) >= 11 is 0. The van der Waals surface area contributed by atoms with Crippen LogP contribution < -0.4 is 9.47 Å². The SMILES string of the molecule is CCCCN(C)C1CCCOCCCC(N(C)CCCC)Oc2ccc(cc2)O1. The molecule has 1 aromatic rings. The minimum absolute atomic E-state index is 0.0787. The Hall–Kier alpha value is -1.30. The maximum atomic E-state index is 6.33. The fraction of sp³-hybridized carbons (Fsp3) is 0.750. The molecule has 0 radical (unpaired) electrons. The Kier molecular flexibility index (Phi) is 11.4. The Balaban J connectivity index is 2.07. The lowest BCUT2D eigenvalue weighted by atomic mass is 10.2. The molecule has 29 heavy (non-hydrogen) atoms. The van der Waals surface area contributed by atoms with Crippen molar-refractivity contribution in [3.63, 3.8) is 0 Å². The molecule has 1 aromatic carbocycles. The van der Waals surface area contributed by atoms with Crippen LogP contribution in [0.2, 0.25) is 0 Å². The van der Waals surface area contributed by atoms with E-state index in [0.717, 1.165) is 63.5 Å². The summed E-state index contributed by atoms with van der Waals surface area (Å²) < 4.78 is 18.6. The first-order valence-corrected chi connectivity index (χ1v) is 11.6. The van der Waals surface area contributed by atoms with E-state index in [-0.39, 0.29) is 12.5 Å². The van der Waals surface area contributed by atoms with Crippen molar-refractivity contribution < 1.29 is 14.2 Å². The molecular weight excluding hydrogens is 364 g/mol. The molecule has 2 aliphatic heterocycles. The molecule has 166 valence electrons. The molecule has 2 atom stereocenters. The van der Waals surface area contributed by atoms with Gasteiger partial charge in [0.05, 0.1) is 0 Å². The molecule has 3 rings (SSSR count). The van der Waals surface area contributed by atoms with Crippen LogP contribution in [-0.4, -0.2) is 62.7 Å². The van der Waals surface area contributed by atoms with Gasteiger partial charge in [0.15, 0.2) is 12.5 Å². The van der Waals surface area contributed by atoms with Crippen molar-refractivity contribution >= 4 is 0 Å². The van der Waals surface area contributed by atoms with E-state index in [1.165, 1.54) is 25.7 Å². The van der Waals surface area contributed by atoms with E-state index in [1.54, 1.807) is 0 Å². The van der Waals surface area contributed by atoms with Crippen LogP contribution in [0.15, 0.2) is 24.3 Å². The first-order valence-electron chi connectivity index (χ1n) is 11.6. The summed E-state index contributed by atoms with van der Waals surface area (Å²) in [5.74, 6) is 1.80. The van der Waals surface area contributed by atoms with Crippen molar-refractivity contribution in [3.05, 3.63) is 24.3 Å². The molecule has 2 heterocycles. The van der Waals surface area contributed by atoms with Crippen LogP contribution in [0.1, 0.15) is 65.2 Å². The van der Waals surface area contributed by atoms with E-state index >= 15 is 0 Å². The summed E-state index contributed by atoms with van der Waals surface area (Å²) in [6.45, 7) is 8.13. The zero-order valence-corrected chi connectivity index (χ0v) is 19.1. The van der Waals surface area contributed by atoms with Gasteiger partial charge < -0.3 is 14.2 Å². The molecule has 0 saturated carbocycles. The van der Waals surface area contributed by atoms with Crippen molar-refractivity contribution in [1.82, 2.24) is 9.80 Å². The summed E-state index contributed by atoms with van der Waals surface area (Å²) in [5, 5.41) is 0. The van der Waals surface area contributed by atoms with E-state index in [2.05, 4.69) is 37.7 Å². The highest BCUT2D eigenvalue weighted by Gasteiger charge is 2.19. The number of rotatable bonds is 8. The molecule has 0 saturated heterocycles. The lowest BCUT2D eigenvalue weighted by Gasteiger charge is -2.29. The number of benzene rings is 1. The second-order valence-electron chi connectivity index (χ2n) is 8.18. The summed E-state index contributed by atoms with van der Waals surface area (Å²) in [5.41, 5.74) is 0. The lowest BCUT2D eigenvalue weighted by Crippen LogP contribution is -2.37. The highest BCUT2D eigenvalue weighted by molar-refractivity contribution is 5.31. The monoisotopic (exact) mass is 406 g/mol. The smallest absolute Gasteiger partial charge is 0.152 e. The number of unbranched alkanes of at least 4 members (excludes halogenated alkanes) is 2. The van der Waals surface area contributed by atoms with Gasteiger partial charge in [-0.3, -0.25) is 9.80 Å². The van der Waals surface area contributed by atoms with Crippen LogP contribution in [0, 0.1) is 0 Å². The minimum Gasteiger partial charge on any atom is -0.475 e. The third-order valence-electron chi connectivity index (χ3n) is 5.56. The molecule has 0 aliphatic carbocycles. The number of hydrogen-bond donors (Lipinski definition) is 0. The van der Waals surface area contributed by atoms with Gasteiger partial charge in [-0.05, 0) is 64.0 Å². The number of hydrogen-bond acceptors (Lipinski definition) is 5. The standard InChI is InChI=1S/C24H42N2O3/c1-5-7-17-25(3)23-11-9-19-27-20-10-12-24(26(4)18-8-6-2)29-22-15-13-21(28-23)14-16-22/h13-16,23-24H,5-12,17-20H2,1-4H3. The van der Waals surface area contributed by atoms with Gasteiger partial charge in [0.1, 0.15) is 11.5 Å². The zero-order valence-electron chi connectivity index (χ0n) is 19.1. The molecule has 0 fully saturated rings. The first kappa shape index (κ1) is 24.0. The highest BCUT2D eigenvalue weighted by atomic mass is 16.5. The molecule has 2 unspecified atom stereocenters. The summed E-state index contributed by atoms with van der Waals surface area (Å²) in [7, 11) is 4.31. The van der Waals surface area contributed by atoms with Crippen molar-refractivity contribution in [3.8, 4) is 11.5 Å². The number of nitrogens with zero attached hydrogens (tertiary/aromatic N) is 2. The summed E-state index contributed by atoms with van der Waals surface area (Å²) in [4.78, 5) is 4.65. The predicted molar refractivity (Wildman–Crippen MR) is 120 cm³/mol. The fourth-order valence-electron chi connectivity index (χ4n) is 3.57. The maximum absolute atomic E-state index is 6.33. The van der Waals surface area contributed by atoms with Gasteiger partial charge >= 0.3 is 0 Å². The topological polar surface area (TPSA) is 34.2 Å². The van der Waals surface area contributed by atoms with Crippen LogP contribution >= 0.6 is 0 Å². The molecule has 2 bridgehead atoms. The van der Waals surface area contributed by atoms with Crippen LogP contribution in [0.4, 0.5) is 0 Å². The Morgan fingerprint density at radius 1 is 0.759 bits per heavy atom. The molecule has 0 amide bonds. The van der Waals surface area contributed by atoms with E-state index in [0.29, 0.717) is 0 Å². The van der Waals surface area contributed by atoms with Gasteiger partial charge in [0, 0.05) is 39.1 Å². The van der Waals surface area contributed by atoms with E-state index < -0.39 is 0 Å². The third-order valence-corrected chi connectivity index (χ3v) is 5.56. The first-order chi connectivity index (χ1) is 14.1. The average molecular weight is 407 g/mol. The second kappa shape index (κ2) is 13.8. The quantitative estimate of drug-likeness (QED) is 0.596. The van der Waals surface area contributed by atoms with Crippen molar-refractivity contribution in [2.45, 2.75) is 77.7 Å². The van der Waals surface area contributed by atoms with Gasteiger partial charge in [-0.25, -0.2) is 0 Å². The Labute approximate surface area is 178 Å². The largest absolute Gasteiger partial charge is 0.475 e. The molecular formula is C24H42N2O3. The van der Waals surface area contributed by atoms with E-state index in [1.807, 2.05) is 24.3 Å². The van der Waals surface area contributed by atoms with Gasteiger partial charge in [0.2, 0.25) is 0 Å². The normalized spacial score (nSPS) is 21.4. The Bertz CT molecular complexity index is 490. The molecule has 5 heteroatoms. The summed E-state index contributed by atoms with van der Waals surface area (Å²) in [6, 6.07) is 8.15. The zero-order chi connectivity index (χ0) is 20.9. The predicted octanol–water partition coefficient (Wildman–Crippen LogP) is 5.15. The molecule has 0 N–H and O–H groups in total. The third kappa shape index (κ3) is 8.93. The minimum atomic E-state index is 0.0787. The number of ether oxygens (including phenoxy) is 3. The lowest BCUT2D eigenvalue weighted by molar-refractivity contribution is 0.0202. The van der Waals surface area contributed by atoms with Gasteiger partial charge in [0.25, 0.3) is 0 Å². The van der Waals surface area contributed by atoms with Gasteiger partial charge in [-0.2, -0.15) is 0 Å². The van der Waals surface area contributed by atoms with Crippen molar-refractivity contribution in [1.29, 1.82) is 0 Å². The molecule has 0 aromatic heterocycles. The Morgan fingerprint density at radius 2 is 1.17 bits per heavy atom. The van der Waals surface area contributed by atoms with Gasteiger partial charge in [-0.15, -0.1) is 0 Å². The molecule has 2 aliphatic rings. The fourth-order valence-corrected chi connectivity index (χ4v) is 3.57. The van der Waals surface area contributed by atoms with Crippen LogP contribution in [0.5, 0.6) is 11.5 Å². The highest BCUT2D eigenvalue weighted by Crippen LogP contribution is 2.23. The van der Waals surface area contributed by atoms with E-state index in [9.17, 15) is 0 Å². The summed E-state index contributed by atoms with van der Waals surface area (Å²) in [6.07, 6.45) is 8.89. The van der Waals surface area contributed by atoms with Crippen molar-refractivity contribution in [2.75, 3.05) is 40.4 Å². The Morgan fingerprint density at radius 3 is 1.55 bits per heavy atom. The number of fused-ring (bicyclic) bond motifs is 12. The average Bonchev–Trinajstić information content (AvgIpc) is 2.75. The molecule has 0 spiro atoms. The van der Waals surface area contributed by atoms with Crippen molar-refractivity contribution in [2.24, 2.45) is 0 Å². The van der Waals surface area contributed by atoms with Crippen LogP contribution in [-0.2, 0) is 4.74 Å². The second-order valence-corrected chi connectivity index (χ2v) is 8.18. The van der Waals surface area contributed by atoms with E-state index in [4.69, 9.17) is 14.2 Å². The van der Waals surface area contributed by atoms with Gasteiger partial charge in [-0.1, -0.05) is 26.7 Å². The van der Waals surface area contributed by atoms with Crippen LogP contribution in [0.3, 0.4) is 0 Å².